The van der Waals surface area contributed by atoms with Crippen molar-refractivity contribution >= 4 is 0 Å². The number of nitrogens with one attached hydrogen (secondary N) is 1. The van der Waals surface area contributed by atoms with Gasteiger partial charge < -0.3 is 5.32 Å². The van der Waals surface area contributed by atoms with Crippen LogP contribution in [0.5, 0.6) is 0 Å². The normalized spacial score (nSPS) is 13.8. The van der Waals surface area contributed by atoms with E-state index in [4.69, 9.17) is 0 Å². The third kappa shape index (κ3) is 4.02. The number of hydrogen-bond donors (Lipinski definition) is 1. The molecular formula is C16H29N3. The van der Waals surface area contributed by atoms with Gasteiger partial charge in [-0.3, -0.25) is 9.88 Å². The molecule has 108 valence electrons. The molecule has 0 saturated heterocycles. The highest BCUT2D eigenvalue weighted by Gasteiger charge is 2.34. The molecule has 0 bridgehead atoms. The van der Waals surface area contributed by atoms with Crippen LogP contribution in [0.1, 0.15) is 52.6 Å². The van der Waals surface area contributed by atoms with E-state index < -0.39 is 0 Å². The van der Waals surface area contributed by atoms with Crippen LogP contribution in [-0.2, 0) is 0 Å². The van der Waals surface area contributed by atoms with Crippen LogP contribution in [0.15, 0.2) is 24.5 Å². The highest BCUT2D eigenvalue weighted by Crippen LogP contribution is 2.30. The summed E-state index contributed by atoms with van der Waals surface area (Å²) in [5, 5.41) is 3.69. The van der Waals surface area contributed by atoms with Crippen molar-refractivity contribution in [2.75, 3.05) is 19.6 Å². The fraction of sp³-hybridized carbons (Fsp3) is 0.688. The minimum atomic E-state index is 0.0711. The molecule has 1 aromatic rings. The summed E-state index contributed by atoms with van der Waals surface area (Å²) in [4.78, 5) is 6.79. The van der Waals surface area contributed by atoms with E-state index in [0.29, 0.717) is 6.04 Å². The average Bonchev–Trinajstić information content (AvgIpc) is 2.41. The minimum absolute atomic E-state index is 0.0711. The smallest absolute Gasteiger partial charge is 0.0517 e. The second-order valence-electron chi connectivity index (χ2n) is 5.50. The van der Waals surface area contributed by atoms with Gasteiger partial charge in [-0.2, -0.15) is 0 Å². The second-order valence-corrected chi connectivity index (χ2v) is 5.50. The van der Waals surface area contributed by atoms with E-state index in [2.05, 4.69) is 55.9 Å². The molecule has 1 heterocycles. The van der Waals surface area contributed by atoms with Crippen LogP contribution in [-0.4, -0.2) is 35.1 Å². The van der Waals surface area contributed by atoms with E-state index in [9.17, 15) is 0 Å². The minimum Gasteiger partial charge on any atom is -0.308 e. The lowest BCUT2D eigenvalue weighted by molar-refractivity contribution is 0.0910. The number of likely N-dealkylation sites (N-methyl/N-ethyl adjacent to an activating group) is 1. The quantitative estimate of drug-likeness (QED) is 0.780. The Labute approximate surface area is 118 Å². The summed E-state index contributed by atoms with van der Waals surface area (Å²) in [5.41, 5.74) is 1.34. The molecule has 3 heteroatoms. The zero-order valence-corrected chi connectivity index (χ0v) is 13.1. The fourth-order valence-corrected chi connectivity index (χ4v) is 2.83. The van der Waals surface area contributed by atoms with Crippen molar-refractivity contribution in [2.24, 2.45) is 0 Å². The first kappa shape index (κ1) is 16.1. The van der Waals surface area contributed by atoms with Gasteiger partial charge in [0.25, 0.3) is 0 Å². The van der Waals surface area contributed by atoms with Crippen LogP contribution < -0.4 is 5.32 Å². The van der Waals surface area contributed by atoms with Gasteiger partial charge in [0.05, 0.1) is 6.04 Å². The first-order valence-electron chi connectivity index (χ1n) is 7.46. The van der Waals surface area contributed by atoms with Gasteiger partial charge in [0.15, 0.2) is 0 Å². The molecule has 0 aliphatic heterocycles. The molecule has 1 unspecified atom stereocenters. The maximum absolute atomic E-state index is 4.28. The van der Waals surface area contributed by atoms with Gasteiger partial charge in [0.2, 0.25) is 0 Å². The summed E-state index contributed by atoms with van der Waals surface area (Å²) >= 11 is 0. The number of rotatable bonds is 8. The lowest BCUT2D eigenvalue weighted by Gasteiger charge is -2.44. The van der Waals surface area contributed by atoms with Gasteiger partial charge in [-0.15, -0.1) is 0 Å². The maximum atomic E-state index is 4.28. The molecule has 1 rings (SSSR count). The molecule has 0 aromatic carbocycles. The number of aromatic nitrogens is 1. The van der Waals surface area contributed by atoms with Crippen molar-refractivity contribution in [3.63, 3.8) is 0 Å². The molecule has 19 heavy (non-hydrogen) atoms. The Morgan fingerprint density at radius 3 is 2.42 bits per heavy atom. The largest absolute Gasteiger partial charge is 0.308 e. The topological polar surface area (TPSA) is 28.2 Å². The molecule has 0 spiro atoms. The monoisotopic (exact) mass is 263 g/mol. The predicted octanol–water partition coefficient (Wildman–Crippen LogP) is 3.24. The van der Waals surface area contributed by atoms with E-state index in [-0.39, 0.29) is 5.54 Å². The lowest BCUT2D eigenvalue weighted by Crippen LogP contribution is -2.52. The highest BCUT2D eigenvalue weighted by atomic mass is 15.2. The molecule has 0 fully saturated rings. The van der Waals surface area contributed by atoms with Gasteiger partial charge in [0.1, 0.15) is 0 Å². The van der Waals surface area contributed by atoms with Crippen LogP contribution in [0.3, 0.4) is 0 Å². The van der Waals surface area contributed by atoms with E-state index in [1.165, 1.54) is 5.56 Å². The summed E-state index contributed by atoms with van der Waals surface area (Å²) in [6.45, 7) is 14.5. The van der Waals surface area contributed by atoms with Crippen molar-refractivity contribution in [3.8, 4) is 0 Å². The Bertz CT molecular complexity index is 344. The third-order valence-corrected chi connectivity index (χ3v) is 3.90. The van der Waals surface area contributed by atoms with E-state index >= 15 is 0 Å². The van der Waals surface area contributed by atoms with Gasteiger partial charge in [-0.25, -0.2) is 0 Å². The van der Waals surface area contributed by atoms with Crippen molar-refractivity contribution in [1.82, 2.24) is 15.2 Å². The number of hydrogen-bond acceptors (Lipinski definition) is 3. The van der Waals surface area contributed by atoms with Crippen LogP contribution in [0.25, 0.3) is 0 Å². The molecule has 3 nitrogen and oxygen atoms in total. The molecule has 0 aliphatic rings. The predicted molar refractivity (Wildman–Crippen MR) is 82.3 cm³/mol. The Kier molecular flexibility index (Phi) is 6.46. The summed E-state index contributed by atoms with van der Waals surface area (Å²) in [7, 11) is 0. The SMILES string of the molecule is CCCNC(c1cccnc1)C(C)(C)N(CC)CC. The van der Waals surface area contributed by atoms with Crippen molar-refractivity contribution in [3.05, 3.63) is 30.1 Å². The zero-order valence-electron chi connectivity index (χ0n) is 13.1. The summed E-state index contributed by atoms with van der Waals surface area (Å²) < 4.78 is 0. The van der Waals surface area contributed by atoms with E-state index in [1.54, 1.807) is 0 Å². The molecule has 0 amide bonds. The van der Waals surface area contributed by atoms with Crippen LogP contribution >= 0.6 is 0 Å². The number of pyridine rings is 1. The number of nitrogens with zero attached hydrogens (tertiary/aromatic N) is 2. The highest BCUT2D eigenvalue weighted by molar-refractivity contribution is 5.19. The summed E-state index contributed by atoms with van der Waals surface area (Å²) in [6.07, 6.45) is 4.97. The van der Waals surface area contributed by atoms with Gasteiger partial charge in [-0.1, -0.05) is 26.8 Å². The van der Waals surface area contributed by atoms with E-state index in [1.807, 2.05) is 18.5 Å². The molecule has 0 saturated carbocycles. The molecule has 0 aliphatic carbocycles. The van der Waals surface area contributed by atoms with Crippen LogP contribution in [0, 0.1) is 0 Å². The molecular weight excluding hydrogens is 234 g/mol. The second kappa shape index (κ2) is 7.61. The first-order valence-corrected chi connectivity index (χ1v) is 7.46. The first-order chi connectivity index (χ1) is 9.07. The fourth-order valence-electron chi connectivity index (χ4n) is 2.83. The summed E-state index contributed by atoms with van der Waals surface area (Å²) in [5.74, 6) is 0. The van der Waals surface area contributed by atoms with Crippen molar-refractivity contribution < 1.29 is 0 Å². The van der Waals surface area contributed by atoms with Gasteiger partial charge in [-0.05, 0) is 51.5 Å². The molecule has 1 atom stereocenters. The van der Waals surface area contributed by atoms with Crippen molar-refractivity contribution in [2.45, 2.75) is 52.6 Å². The van der Waals surface area contributed by atoms with Crippen LogP contribution in [0.4, 0.5) is 0 Å². The standard InChI is InChI=1S/C16H29N3/c1-6-11-18-15(14-10-9-12-17-13-14)16(4,5)19(7-2)8-3/h9-10,12-13,15,18H,6-8,11H2,1-5H3. The van der Waals surface area contributed by atoms with Crippen LogP contribution in [0.2, 0.25) is 0 Å². The Hall–Kier alpha value is -0.930. The van der Waals surface area contributed by atoms with E-state index in [0.717, 1.165) is 26.1 Å². The van der Waals surface area contributed by atoms with Crippen molar-refractivity contribution in [1.29, 1.82) is 0 Å². The average molecular weight is 263 g/mol. The Morgan fingerprint density at radius 1 is 1.26 bits per heavy atom. The van der Waals surface area contributed by atoms with Gasteiger partial charge in [0, 0.05) is 17.9 Å². The summed E-state index contributed by atoms with van der Waals surface area (Å²) in [6, 6.07) is 4.50. The Balaban J connectivity index is 3.02. The molecule has 1 aromatic heterocycles. The van der Waals surface area contributed by atoms with Gasteiger partial charge >= 0.3 is 0 Å². The molecule has 0 radical (unpaired) electrons. The Morgan fingerprint density at radius 2 is 1.95 bits per heavy atom. The third-order valence-electron chi connectivity index (χ3n) is 3.90. The molecule has 1 N–H and O–H groups in total. The maximum Gasteiger partial charge on any atom is 0.0517 e. The zero-order chi connectivity index (χ0) is 14.3. The lowest BCUT2D eigenvalue weighted by atomic mass is 9.87.